The molecule has 0 amide bonds. The van der Waals surface area contributed by atoms with Crippen LogP contribution in [-0.2, 0) is 0 Å². The molecule has 0 saturated heterocycles. The third kappa shape index (κ3) is 1.20. The molecule has 0 fully saturated rings. The molecule has 0 radical (unpaired) electrons. The predicted molar refractivity (Wildman–Crippen MR) is 60.6 cm³/mol. The summed E-state index contributed by atoms with van der Waals surface area (Å²) in [4.78, 5) is 12.1. The molecule has 1 nitrogen and oxygen atoms in total. The fourth-order valence-corrected chi connectivity index (χ4v) is 2.08. The van der Waals surface area contributed by atoms with Gasteiger partial charge in [-0.3, -0.25) is 4.79 Å². The number of benzene rings is 1. The summed E-state index contributed by atoms with van der Waals surface area (Å²) < 4.78 is 0. The number of rotatable bonds is 0. The second-order valence-electron chi connectivity index (χ2n) is 3.77. The Morgan fingerprint density at radius 3 is 2.93 bits per heavy atom. The molecule has 0 heterocycles. The van der Waals surface area contributed by atoms with Gasteiger partial charge >= 0.3 is 0 Å². The van der Waals surface area contributed by atoms with Crippen molar-refractivity contribution in [3.05, 3.63) is 64.8 Å². The van der Waals surface area contributed by atoms with Gasteiger partial charge in [-0.15, -0.1) is 0 Å². The van der Waals surface area contributed by atoms with E-state index in [2.05, 4.69) is 12.2 Å². The molecule has 3 rings (SSSR count). The van der Waals surface area contributed by atoms with Crippen LogP contribution in [0.25, 0.3) is 6.08 Å². The number of allylic oxidation sites excluding steroid dienone is 5. The number of carbonyl (C=O) groups is 1. The highest BCUT2D eigenvalue weighted by molar-refractivity contribution is 6.17. The summed E-state index contributed by atoms with van der Waals surface area (Å²) in [6.45, 7) is 0. The minimum atomic E-state index is 0.160. The molecular formula is C14H10O. The van der Waals surface area contributed by atoms with E-state index < -0.39 is 0 Å². The fraction of sp³-hybridized carbons (Fsp3) is 0.0714. The van der Waals surface area contributed by atoms with Gasteiger partial charge in [0, 0.05) is 11.1 Å². The van der Waals surface area contributed by atoms with Crippen LogP contribution in [0.15, 0.2) is 53.6 Å². The van der Waals surface area contributed by atoms with Crippen LogP contribution >= 0.6 is 0 Å². The van der Waals surface area contributed by atoms with Crippen molar-refractivity contribution in [3.8, 4) is 0 Å². The van der Waals surface area contributed by atoms with E-state index in [1.165, 1.54) is 0 Å². The van der Waals surface area contributed by atoms with Crippen LogP contribution in [0.5, 0.6) is 0 Å². The first kappa shape index (κ1) is 8.42. The quantitative estimate of drug-likeness (QED) is 0.620. The highest BCUT2D eigenvalue weighted by atomic mass is 16.1. The first-order valence-corrected chi connectivity index (χ1v) is 5.09. The molecule has 0 aliphatic heterocycles. The maximum Gasteiger partial charge on any atom is 0.193 e. The first-order valence-electron chi connectivity index (χ1n) is 5.09. The van der Waals surface area contributed by atoms with E-state index in [0.717, 1.165) is 28.7 Å². The number of ketones is 1. The van der Waals surface area contributed by atoms with E-state index in [9.17, 15) is 4.79 Å². The van der Waals surface area contributed by atoms with Gasteiger partial charge in [-0.25, -0.2) is 0 Å². The normalized spacial score (nSPS) is 17.7. The molecule has 1 aromatic carbocycles. The van der Waals surface area contributed by atoms with E-state index in [0.29, 0.717) is 0 Å². The SMILES string of the molecule is O=C1C2=CCC=CC2=Cc2ccccc21. The number of Topliss-reactive ketones (excluding diaryl/α,β-unsaturated/α-hetero) is 1. The number of fused-ring (bicyclic) bond motifs is 2. The highest BCUT2D eigenvalue weighted by Crippen LogP contribution is 2.30. The van der Waals surface area contributed by atoms with Gasteiger partial charge in [0.15, 0.2) is 5.78 Å². The summed E-state index contributed by atoms with van der Waals surface area (Å²) in [6.07, 6.45) is 9.06. The summed E-state index contributed by atoms with van der Waals surface area (Å²) in [5, 5.41) is 0. The summed E-state index contributed by atoms with van der Waals surface area (Å²) in [7, 11) is 0. The summed E-state index contributed by atoms with van der Waals surface area (Å²) >= 11 is 0. The average Bonchev–Trinajstić information content (AvgIpc) is 2.30. The van der Waals surface area contributed by atoms with Crippen molar-refractivity contribution in [2.24, 2.45) is 0 Å². The Balaban J connectivity index is 2.27. The molecule has 1 aromatic rings. The van der Waals surface area contributed by atoms with Crippen molar-refractivity contribution in [2.45, 2.75) is 6.42 Å². The van der Waals surface area contributed by atoms with Crippen LogP contribution in [-0.4, -0.2) is 5.78 Å². The second-order valence-corrected chi connectivity index (χ2v) is 3.77. The summed E-state index contributed by atoms with van der Waals surface area (Å²) in [6, 6.07) is 7.75. The average molecular weight is 194 g/mol. The van der Waals surface area contributed by atoms with Crippen molar-refractivity contribution in [3.63, 3.8) is 0 Å². The molecule has 0 saturated carbocycles. The minimum absolute atomic E-state index is 0.160. The van der Waals surface area contributed by atoms with Gasteiger partial charge in [0.25, 0.3) is 0 Å². The van der Waals surface area contributed by atoms with Crippen molar-refractivity contribution >= 4 is 11.9 Å². The minimum Gasteiger partial charge on any atom is -0.289 e. The molecular weight excluding hydrogens is 184 g/mol. The Hall–Kier alpha value is -1.89. The largest absolute Gasteiger partial charge is 0.289 e. The van der Waals surface area contributed by atoms with Gasteiger partial charge in [0.05, 0.1) is 0 Å². The van der Waals surface area contributed by atoms with E-state index in [1.807, 2.05) is 36.4 Å². The number of hydrogen-bond acceptors (Lipinski definition) is 1. The molecule has 2 aliphatic carbocycles. The van der Waals surface area contributed by atoms with Gasteiger partial charge in [-0.1, -0.05) is 42.5 Å². The van der Waals surface area contributed by atoms with Crippen LogP contribution in [0.2, 0.25) is 0 Å². The lowest BCUT2D eigenvalue weighted by Gasteiger charge is -2.18. The lowest BCUT2D eigenvalue weighted by Crippen LogP contribution is -2.12. The molecule has 72 valence electrons. The lowest BCUT2D eigenvalue weighted by atomic mass is 9.84. The zero-order chi connectivity index (χ0) is 10.3. The Morgan fingerprint density at radius 2 is 2.00 bits per heavy atom. The predicted octanol–water partition coefficient (Wildman–Crippen LogP) is 3.15. The maximum absolute atomic E-state index is 12.1. The van der Waals surface area contributed by atoms with Crippen LogP contribution in [0.4, 0.5) is 0 Å². The number of carbonyl (C=O) groups excluding carboxylic acids is 1. The molecule has 0 atom stereocenters. The van der Waals surface area contributed by atoms with Gasteiger partial charge < -0.3 is 0 Å². The van der Waals surface area contributed by atoms with Crippen molar-refractivity contribution in [2.75, 3.05) is 0 Å². The Kier molecular flexibility index (Phi) is 1.72. The van der Waals surface area contributed by atoms with Crippen molar-refractivity contribution in [1.29, 1.82) is 0 Å². The van der Waals surface area contributed by atoms with Crippen LogP contribution in [0.3, 0.4) is 0 Å². The van der Waals surface area contributed by atoms with E-state index in [-0.39, 0.29) is 5.78 Å². The topological polar surface area (TPSA) is 17.1 Å². The van der Waals surface area contributed by atoms with Gasteiger partial charge in [-0.05, 0) is 23.6 Å². The third-order valence-corrected chi connectivity index (χ3v) is 2.83. The molecule has 1 heteroatoms. The summed E-state index contributed by atoms with van der Waals surface area (Å²) in [5.41, 5.74) is 3.75. The smallest absolute Gasteiger partial charge is 0.193 e. The molecule has 15 heavy (non-hydrogen) atoms. The van der Waals surface area contributed by atoms with E-state index in [1.54, 1.807) is 0 Å². The molecule has 0 N–H and O–H groups in total. The monoisotopic (exact) mass is 194 g/mol. The second kappa shape index (κ2) is 3.06. The fourth-order valence-electron chi connectivity index (χ4n) is 2.08. The summed E-state index contributed by atoms with van der Waals surface area (Å²) in [5.74, 6) is 0.160. The standard InChI is InChI=1S/C14H10O/c15-14-12-7-3-1-5-10(12)9-11-6-2-4-8-13(11)14/h1-3,5-9H,4H2. The van der Waals surface area contributed by atoms with Crippen LogP contribution in [0.1, 0.15) is 22.3 Å². The molecule has 0 bridgehead atoms. The third-order valence-electron chi connectivity index (χ3n) is 2.83. The zero-order valence-electron chi connectivity index (χ0n) is 8.23. The molecule has 0 aromatic heterocycles. The van der Waals surface area contributed by atoms with Crippen molar-refractivity contribution in [1.82, 2.24) is 0 Å². The number of hydrogen-bond donors (Lipinski definition) is 0. The Labute approximate surface area is 88.4 Å². The van der Waals surface area contributed by atoms with Gasteiger partial charge in [0.2, 0.25) is 0 Å². The Bertz CT molecular complexity index is 530. The van der Waals surface area contributed by atoms with E-state index >= 15 is 0 Å². The maximum atomic E-state index is 12.1. The molecule has 0 spiro atoms. The van der Waals surface area contributed by atoms with Gasteiger partial charge in [0.1, 0.15) is 0 Å². The van der Waals surface area contributed by atoms with Crippen molar-refractivity contribution < 1.29 is 4.79 Å². The van der Waals surface area contributed by atoms with E-state index in [4.69, 9.17) is 0 Å². The Morgan fingerprint density at radius 1 is 1.13 bits per heavy atom. The van der Waals surface area contributed by atoms with Crippen LogP contribution in [0, 0.1) is 0 Å². The van der Waals surface area contributed by atoms with Gasteiger partial charge in [-0.2, -0.15) is 0 Å². The molecule has 0 unspecified atom stereocenters. The first-order chi connectivity index (χ1) is 7.36. The van der Waals surface area contributed by atoms with Crippen LogP contribution < -0.4 is 0 Å². The highest BCUT2D eigenvalue weighted by Gasteiger charge is 2.22. The lowest BCUT2D eigenvalue weighted by molar-refractivity contribution is 0.103. The molecule has 2 aliphatic rings. The zero-order valence-corrected chi connectivity index (χ0v) is 8.23.